The average molecular weight is 847 g/mol. The van der Waals surface area contributed by atoms with Crippen LogP contribution < -0.4 is 32.3 Å². The van der Waals surface area contributed by atoms with E-state index < -0.39 is 84.0 Å². The van der Waals surface area contributed by atoms with Crippen molar-refractivity contribution in [2.75, 3.05) is 12.3 Å². The molecule has 0 aliphatic heterocycles. The zero-order valence-corrected chi connectivity index (χ0v) is 36.6. The number of carbonyl (C=O) groups is 6. The van der Waals surface area contributed by atoms with Gasteiger partial charge in [-0.3, -0.25) is 24.0 Å². The van der Waals surface area contributed by atoms with Crippen LogP contribution in [0.25, 0.3) is 0 Å². The van der Waals surface area contributed by atoms with E-state index in [0.29, 0.717) is 11.1 Å². The molecule has 2 rings (SSSR count). The van der Waals surface area contributed by atoms with Gasteiger partial charge in [0.15, 0.2) is 6.04 Å². The van der Waals surface area contributed by atoms with Gasteiger partial charge in [-0.15, -0.1) is 0 Å². The van der Waals surface area contributed by atoms with Gasteiger partial charge >= 0.3 is 5.97 Å². The van der Waals surface area contributed by atoms with Crippen LogP contribution in [0.15, 0.2) is 54.6 Å². The number of aliphatic carboxylic acids is 1. The van der Waals surface area contributed by atoms with Crippen LogP contribution in [0.4, 0.5) is 0 Å². The molecular weight excluding hydrogens is 785 g/mol. The summed E-state index contributed by atoms with van der Waals surface area (Å²) in [5.74, 6) is -4.51. The number of ether oxygens (including phenoxy) is 1. The molecule has 15 nitrogen and oxygen atoms in total. The van der Waals surface area contributed by atoms with Crippen molar-refractivity contribution in [1.29, 1.82) is 0 Å². The minimum Gasteiger partial charge on any atom is -0.508 e. The summed E-state index contributed by atoms with van der Waals surface area (Å²) < 4.78 is 5.65. The van der Waals surface area contributed by atoms with Crippen LogP contribution in [0.2, 0.25) is 0 Å². The second kappa shape index (κ2) is 23.3. The van der Waals surface area contributed by atoms with Crippen molar-refractivity contribution in [1.82, 2.24) is 26.6 Å². The fourth-order valence-electron chi connectivity index (χ4n) is 5.55. The number of benzene rings is 2. The first-order valence-corrected chi connectivity index (χ1v) is 21.5. The number of amides is 5. The lowest BCUT2D eigenvalue weighted by Crippen LogP contribution is -2.59. The number of carbonyl (C=O) groups excluding carboxylic acids is 5. The average Bonchev–Trinajstić information content (AvgIpc) is 3.11. The Kier molecular flexibility index (Phi) is 20.0. The molecule has 0 spiro atoms. The maximum atomic E-state index is 13.9. The quantitative estimate of drug-likeness (QED) is 0.0799. The van der Waals surface area contributed by atoms with Crippen LogP contribution in [0.3, 0.4) is 0 Å². The van der Waals surface area contributed by atoms with Crippen molar-refractivity contribution in [3.05, 3.63) is 65.7 Å². The highest BCUT2D eigenvalue weighted by molar-refractivity contribution is 8.77. The Morgan fingerprint density at radius 2 is 1.29 bits per heavy atom. The van der Waals surface area contributed by atoms with E-state index in [4.69, 9.17) is 10.5 Å². The number of rotatable bonds is 22. The monoisotopic (exact) mass is 846 g/mol. The number of carboxylic acid groups (broad SMARTS) is 1. The number of nitrogens with one attached hydrogen (secondary N) is 5. The molecule has 0 saturated carbocycles. The summed E-state index contributed by atoms with van der Waals surface area (Å²) in [5, 5.41) is 32.6. The molecule has 0 aliphatic carbocycles. The van der Waals surface area contributed by atoms with Crippen LogP contribution in [0, 0.1) is 5.92 Å². The van der Waals surface area contributed by atoms with Crippen molar-refractivity contribution in [2.24, 2.45) is 11.7 Å². The van der Waals surface area contributed by atoms with E-state index >= 15 is 0 Å². The first kappa shape index (κ1) is 49.8. The van der Waals surface area contributed by atoms with Gasteiger partial charge < -0.3 is 47.3 Å². The number of nitrogens with two attached hydrogens (primary N) is 1. The topological polar surface area (TPSA) is 238 Å². The maximum absolute atomic E-state index is 13.9. The molecule has 0 fully saturated rings. The molecule has 6 atom stereocenters. The van der Waals surface area contributed by atoms with Gasteiger partial charge in [0.2, 0.25) is 29.5 Å². The largest absolute Gasteiger partial charge is 0.508 e. The minimum atomic E-state index is -1.41. The zero-order valence-electron chi connectivity index (χ0n) is 34.9. The van der Waals surface area contributed by atoms with Gasteiger partial charge in [-0.1, -0.05) is 98.7 Å². The number of hydrogen-bond donors (Lipinski definition) is 8. The molecular formula is C41H62N6O9S2. The molecule has 17 heteroatoms. The molecule has 0 bridgehead atoms. The number of aromatic hydroxyl groups is 1. The van der Waals surface area contributed by atoms with Gasteiger partial charge in [0, 0.05) is 16.9 Å². The van der Waals surface area contributed by atoms with Crippen molar-refractivity contribution in [2.45, 2.75) is 128 Å². The van der Waals surface area contributed by atoms with Crippen LogP contribution in [0.1, 0.15) is 79.9 Å². The summed E-state index contributed by atoms with van der Waals surface area (Å²) in [6, 6.07) is 9.33. The molecule has 5 amide bonds. The van der Waals surface area contributed by atoms with Crippen LogP contribution in [-0.2, 0) is 46.3 Å². The number of phenols is 1. The van der Waals surface area contributed by atoms with Crippen LogP contribution in [0.5, 0.6) is 5.75 Å². The van der Waals surface area contributed by atoms with Gasteiger partial charge in [0.1, 0.15) is 23.9 Å². The second-order valence-electron chi connectivity index (χ2n) is 16.5. The summed E-state index contributed by atoms with van der Waals surface area (Å²) in [6.45, 7) is 16.0. The normalized spacial score (nSPS) is 14.9. The van der Waals surface area contributed by atoms with E-state index in [9.17, 15) is 39.0 Å². The summed E-state index contributed by atoms with van der Waals surface area (Å²) >= 11 is 0. The highest BCUT2D eigenvalue weighted by atomic mass is 33.1. The Morgan fingerprint density at radius 3 is 1.84 bits per heavy atom. The van der Waals surface area contributed by atoms with Crippen molar-refractivity contribution < 1.29 is 43.7 Å². The van der Waals surface area contributed by atoms with Gasteiger partial charge in [-0.05, 0) is 69.7 Å². The van der Waals surface area contributed by atoms with Crippen molar-refractivity contribution in [3.8, 4) is 5.75 Å². The first-order chi connectivity index (χ1) is 26.9. The molecule has 0 saturated heterocycles. The fraction of sp³-hybridized carbons (Fsp3) is 0.561. The Morgan fingerprint density at radius 1 is 0.724 bits per heavy atom. The number of phenolic OH excluding ortho intramolecular Hbond substituents is 1. The van der Waals surface area contributed by atoms with Crippen molar-refractivity contribution in [3.63, 3.8) is 0 Å². The van der Waals surface area contributed by atoms with E-state index in [-0.39, 0.29) is 41.4 Å². The molecule has 0 aliphatic rings. The number of hydrogen-bond acceptors (Lipinski definition) is 11. The molecule has 9 N–H and O–H groups in total. The minimum absolute atomic E-state index is 0.0366. The summed E-state index contributed by atoms with van der Waals surface area (Å²) in [7, 11) is 2.89. The van der Waals surface area contributed by atoms with E-state index in [1.807, 2.05) is 34.6 Å². The standard InChI is InChI=1S/C41H62N6O9S2/c1-24(2)19-30(38(53)47-34(39(54)55)25(3)56-40(4,5)6)45-37(52)31(21-26-13-11-10-12-14-26)44-33(49)22-43-36(51)32(23-57-58-41(7,8)9)46-35(50)29(42)20-27-15-17-28(48)18-16-27/h10-18,24-25,29-32,34,48H,19-23,42H2,1-9H3,(H,43,51)(H,44,49)(H,45,52)(H,46,50)(H,47,53)(H,54,55)/t25-,29+,30+,31+,32-,34+/m1/s1. The molecule has 58 heavy (non-hydrogen) atoms. The van der Waals surface area contributed by atoms with Crippen LogP contribution >= 0.6 is 21.6 Å². The third kappa shape index (κ3) is 19.4. The summed E-state index contributed by atoms with van der Waals surface area (Å²) in [6.07, 6.45) is -0.544. The molecule has 2 aromatic carbocycles. The zero-order chi connectivity index (χ0) is 43.8. The molecule has 0 heterocycles. The first-order valence-electron chi connectivity index (χ1n) is 19.2. The van der Waals surface area contributed by atoms with Gasteiger partial charge in [0.25, 0.3) is 0 Å². The molecule has 0 radical (unpaired) electrons. The van der Waals surface area contributed by atoms with E-state index in [1.54, 1.807) is 70.2 Å². The van der Waals surface area contributed by atoms with Crippen molar-refractivity contribution >= 4 is 57.1 Å². The molecule has 322 valence electrons. The lowest BCUT2D eigenvalue weighted by atomic mass is 10.0. The highest BCUT2D eigenvalue weighted by Gasteiger charge is 2.34. The Labute approximate surface area is 349 Å². The second-order valence-corrected chi connectivity index (χ2v) is 19.7. The molecule has 0 unspecified atom stereocenters. The van der Waals surface area contributed by atoms with E-state index in [2.05, 4.69) is 26.6 Å². The lowest BCUT2D eigenvalue weighted by molar-refractivity contribution is -0.150. The molecule has 0 aromatic heterocycles. The Hall–Kier alpha value is -4.32. The highest BCUT2D eigenvalue weighted by Crippen LogP contribution is 2.35. The van der Waals surface area contributed by atoms with E-state index in [0.717, 1.165) is 0 Å². The summed E-state index contributed by atoms with van der Waals surface area (Å²) in [5.41, 5.74) is 6.91. The lowest BCUT2D eigenvalue weighted by Gasteiger charge is -2.31. The smallest absolute Gasteiger partial charge is 0.328 e. The third-order valence-corrected chi connectivity index (χ3v) is 11.5. The fourth-order valence-corrected chi connectivity index (χ4v) is 8.01. The van der Waals surface area contributed by atoms with Gasteiger partial charge in [-0.2, -0.15) is 0 Å². The SMILES string of the molecule is CC(C)C[C@H](NC(=O)[C@H](Cc1ccccc1)NC(=O)CNC(=O)[C@@H](CSSC(C)(C)C)NC(=O)[C@@H](N)Cc1ccc(O)cc1)C(=O)N[C@H](C(=O)O)[C@@H](C)OC(C)(C)C. The molecule has 2 aromatic rings. The Balaban J connectivity index is 2.22. The van der Waals surface area contributed by atoms with E-state index in [1.165, 1.54) is 33.7 Å². The third-order valence-electron chi connectivity index (χ3n) is 8.18. The summed E-state index contributed by atoms with van der Waals surface area (Å²) in [4.78, 5) is 79.6. The maximum Gasteiger partial charge on any atom is 0.328 e. The number of carboxylic acids is 1. The predicted octanol–water partition coefficient (Wildman–Crippen LogP) is 3.07. The van der Waals surface area contributed by atoms with Gasteiger partial charge in [0.05, 0.1) is 24.3 Å². The predicted molar refractivity (Wildman–Crippen MR) is 228 cm³/mol. The van der Waals surface area contributed by atoms with Gasteiger partial charge in [-0.25, -0.2) is 4.79 Å². The Bertz CT molecular complexity index is 1670. The van der Waals surface area contributed by atoms with Crippen LogP contribution in [-0.4, -0.2) is 105 Å².